The number of rotatable bonds is 6. The van der Waals surface area contributed by atoms with E-state index < -0.39 is 0 Å². The van der Waals surface area contributed by atoms with Crippen LogP contribution in [-0.2, 0) is 0 Å². The first kappa shape index (κ1) is 19.5. The maximum atomic E-state index is 3.53. The first-order valence-electron chi connectivity index (χ1n) is 10.2. The highest BCUT2D eigenvalue weighted by molar-refractivity contribution is 5.83. The lowest BCUT2D eigenvalue weighted by molar-refractivity contribution is 1.45. The van der Waals surface area contributed by atoms with E-state index in [0.29, 0.717) is 0 Å². The van der Waals surface area contributed by atoms with Crippen LogP contribution in [0.5, 0.6) is 0 Å². The van der Waals surface area contributed by atoms with E-state index in [1.165, 1.54) is 22.3 Å². The molecule has 0 spiro atoms. The summed E-state index contributed by atoms with van der Waals surface area (Å²) in [4.78, 5) is 0. The smallest absolute Gasteiger partial charge is 0.0457 e. The molecule has 0 radical (unpaired) electrons. The molecule has 4 rings (SSSR count). The van der Waals surface area contributed by atoms with Crippen molar-refractivity contribution in [3.63, 3.8) is 0 Å². The zero-order valence-electron chi connectivity index (χ0n) is 17.1. The molecule has 1 heteroatoms. The number of anilines is 2. The number of para-hydroxylation sites is 1. The minimum absolute atomic E-state index is 1.09. The summed E-state index contributed by atoms with van der Waals surface area (Å²) >= 11 is 0. The lowest BCUT2D eigenvalue weighted by atomic mass is 10.0. The van der Waals surface area contributed by atoms with Crippen molar-refractivity contribution in [1.82, 2.24) is 0 Å². The summed E-state index contributed by atoms with van der Waals surface area (Å²) in [6.45, 7) is 2.10. The normalized spacial score (nSPS) is 11.2. The lowest BCUT2D eigenvalue weighted by Gasteiger charge is -2.10. The summed E-state index contributed by atoms with van der Waals surface area (Å²) in [5.74, 6) is 0. The minimum atomic E-state index is 1.09. The second-order valence-electron chi connectivity index (χ2n) is 7.28. The third-order valence-corrected chi connectivity index (χ3v) is 4.98. The molecule has 0 heterocycles. The van der Waals surface area contributed by atoms with Gasteiger partial charge in [-0.3, -0.25) is 0 Å². The highest BCUT2D eigenvalue weighted by atomic mass is 14.9. The van der Waals surface area contributed by atoms with Crippen molar-refractivity contribution in [3.8, 4) is 0 Å². The van der Waals surface area contributed by atoms with Gasteiger partial charge in [0.25, 0.3) is 0 Å². The Balaban J connectivity index is 1.57. The summed E-state index contributed by atoms with van der Waals surface area (Å²) in [5.41, 5.74) is 8.18. The van der Waals surface area contributed by atoms with Crippen LogP contribution in [0.2, 0.25) is 0 Å². The van der Waals surface area contributed by atoms with E-state index >= 15 is 0 Å². The molecule has 0 saturated carbocycles. The summed E-state index contributed by atoms with van der Waals surface area (Å²) < 4.78 is 0. The van der Waals surface area contributed by atoms with Crippen molar-refractivity contribution < 1.29 is 0 Å². The Morgan fingerprint density at radius 1 is 0.500 bits per heavy atom. The molecule has 146 valence electrons. The first-order chi connectivity index (χ1) is 14.8. The van der Waals surface area contributed by atoms with Gasteiger partial charge >= 0.3 is 0 Å². The van der Waals surface area contributed by atoms with Crippen LogP contribution in [0.4, 0.5) is 11.4 Å². The van der Waals surface area contributed by atoms with E-state index in [2.05, 4.69) is 134 Å². The van der Waals surface area contributed by atoms with E-state index in [-0.39, 0.29) is 0 Å². The van der Waals surface area contributed by atoms with Gasteiger partial charge in [0.1, 0.15) is 0 Å². The van der Waals surface area contributed by atoms with E-state index in [1.807, 2.05) is 6.07 Å². The van der Waals surface area contributed by atoms with Gasteiger partial charge in [0.15, 0.2) is 0 Å². The SMILES string of the molecule is Cc1ccc(Nc2ccccc2/C=C/c2ccccc2/C=C/c2ccccc2)cc1. The summed E-state index contributed by atoms with van der Waals surface area (Å²) in [6.07, 6.45) is 8.68. The van der Waals surface area contributed by atoms with Crippen LogP contribution in [0.15, 0.2) is 103 Å². The Hall–Kier alpha value is -3.84. The third-order valence-electron chi connectivity index (χ3n) is 4.98. The fourth-order valence-corrected chi connectivity index (χ4v) is 3.29. The molecule has 0 saturated heterocycles. The molecule has 0 aliphatic rings. The first-order valence-corrected chi connectivity index (χ1v) is 10.2. The molecule has 4 aromatic rings. The number of nitrogens with one attached hydrogen (secondary N) is 1. The van der Waals surface area contributed by atoms with Crippen LogP contribution in [0.3, 0.4) is 0 Å². The standard InChI is InChI=1S/C29H25N/c1-23-15-21-28(22-16-23)30-29-14-8-7-13-27(29)20-19-26-12-6-5-11-25(26)18-17-24-9-3-2-4-10-24/h2-22,30H,1H3/b18-17+,20-19+. The summed E-state index contributed by atoms with van der Waals surface area (Å²) in [6, 6.07) is 35.7. The second-order valence-corrected chi connectivity index (χ2v) is 7.28. The van der Waals surface area contributed by atoms with Gasteiger partial charge in [-0.05, 0) is 47.4 Å². The van der Waals surface area contributed by atoms with Crippen LogP contribution in [0.25, 0.3) is 24.3 Å². The average Bonchev–Trinajstić information content (AvgIpc) is 2.80. The topological polar surface area (TPSA) is 12.0 Å². The van der Waals surface area contributed by atoms with Crippen LogP contribution in [0.1, 0.15) is 27.8 Å². The fraction of sp³-hybridized carbons (Fsp3) is 0.0345. The van der Waals surface area contributed by atoms with Gasteiger partial charge < -0.3 is 5.32 Å². The van der Waals surface area contributed by atoms with Gasteiger partial charge in [-0.25, -0.2) is 0 Å². The molecule has 0 aliphatic heterocycles. The number of hydrogen-bond acceptors (Lipinski definition) is 1. The average molecular weight is 388 g/mol. The molecule has 0 amide bonds. The van der Waals surface area contributed by atoms with Gasteiger partial charge in [0.2, 0.25) is 0 Å². The van der Waals surface area contributed by atoms with Crippen molar-refractivity contribution in [2.45, 2.75) is 6.92 Å². The summed E-state index contributed by atoms with van der Waals surface area (Å²) in [7, 11) is 0. The predicted octanol–water partition coefficient (Wildman–Crippen LogP) is 8.08. The van der Waals surface area contributed by atoms with Crippen molar-refractivity contribution >= 4 is 35.7 Å². The Labute approximate surface area is 179 Å². The zero-order chi connectivity index (χ0) is 20.6. The Bertz CT molecular complexity index is 1150. The predicted molar refractivity (Wildman–Crippen MR) is 132 cm³/mol. The number of hydrogen-bond donors (Lipinski definition) is 1. The van der Waals surface area contributed by atoms with Crippen molar-refractivity contribution in [2.75, 3.05) is 5.32 Å². The van der Waals surface area contributed by atoms with E-state index in [1.54, 1.807) is 0 Å². The maximum absolute atomic E-state index is 3.53. The Kier molecular flexibility index (Phi) is 6.22. The van der Waals surface area contributed by atoms with Crippen LogP contribution in [0, 0.1) is 6.92 Å². The molecule has 0 unspecified atom stereocenters. The molecule has 0 aromatic heterocycles. The highest BCUT2D eigenvalue weighted by Gasteiger charge is 2.01. The van der Waals surface area contributed by atoms with Gasteiger partial charge in [0, 0.05) is 11.4 Å². The van der Waals surface area contributed by atoms with Gasteiger partial charge in [-0.15, -0.1) is 0 Å². The van der Waals surface area contributed by atoms with Gasteiger partial charge in [-0.2, -0.15) is 0 Å². The molecule has 4 aromatic carbocycles. The molecule has 0 aliphatic carbocycles. The molecular weight excluding hydrogens is 362 g/mol. The quantitative estimate of drug-likeness (QED) is 0.330. The number of aryl methyl sites for hydroxylation is 1. The highest BCUT2D eigenvalue weighted by Crippen LogP contribution is 2.24. The van der Waals surface area contributed by atoms with Gasteiger partial charge in [-0.1, -0.05) is 115 Å². The minimum Gasteiger partial charge on any atom is -0.355 e. The van der Waals surface area contributed by atoms with E-state index in [9.17, 15) is 0 Å². The lowest BCUT2D eigenvalue weighted by Crippen LogP contribution is -1.92. The Morgan fingerprint density at radius 2 is 1.03 bits per heavy atom. The molecular formula is C29H25N. The molecule has 1 N–H and O–H groups in total. The van der Waals surface area contributed by atoms with Crippen LogP contribution >= 0.6 is 0 Å². The molecule has 1 nitrogen and oxygen atoms in total. The van der Waals surface area contributed by atoms with Gasteiger partial charge in [0.05, 0.1) is 0 Å². The zero-order valence-corrected chi connectivity index (χ0v) is 17.1. The largest absolute Gasteiger partial charge is 0.355 e. The monoisotopic (exact) mass is 387 g/mol. The molecule has 0 atom stereocenters. The van der Waals surface area contributed by atoms with Crippen molar-refractivity contribution in [1.29, 1.82) is 0 Å². The molecule has 0 bridgehead atoms. The fourth-order valence-electron chi connectivity index (χ4n) is 3.29. The maximum Gasteiger partial charge on any atom is 0.0457 e. The third kappa shape index (κ3) is 5.15. The summed E-state index contributed by atoms with van der Waals surface area (Å²) in [5, 5.41) is 3.53. The van der Waals surface area contributed by atoms with Crippen LogP contribution in [-0.4, -0.2) is 0 Å². The second kappa shape index (κ2) is 9.58. The number of benzene rings is 4. The van der Waals surface area contributed by atoms with Crippen molar-refractivity contribution in [3.05, 3.63) is 131 Å². The van der Waals surface area contributed by atoms with E-state index in [0.717, 1.165) is 16.9 Å². The molecule has 0 fully saturated rings. The molecule has 30 heavy (non-hydrogen) atoms. The Morgan fingerprint density at radius 3 is 1.73 bits per heavy atom. The van der Waals surface area contributed by atoms with E-state index in [4.69, 9.17) is 0 Å². The van der Waals surface area contributed by atoms with Crippen LogP contribution < -0.4 is 5.32 Å². The van der Waals surface area contributed by atoms with Crippen molar-refractivity contribution in [2.24, 2.45) is 0 Å².